The van der Waals surface area contributed by atoms with Gasteiger partial charge in [0.25, 0.3) is 0 Å². The van der Waals surface area contributed by atoms with E-state index in [1.54, 1.807) is 11.8 Å². The number of carbonyl (C=O) groups is 1. The highest BCUT2D eigenvalue weighted by atomic mass is 32.2. The van der Waals surface area contributed by atoms with E-state index in [2.05, 4.69) is 42.5 Å². The molecule has 22 heavy (non-hydrogen) atoms. The lowest BCUT2D eigenvalue weighted by Gasteiger charge is -2.31. The zero-order valence-corrected chi connectivity index (χ0v) is 13.6. The van der Waals surface area contributed by atoms with Crippen LogP contribution in [0.1, 0.15) is 12.5 Å². The minimum atomic E-state index is 0.153. The number of benzene rings is 2. The average Bonchev–Trinajstić information content (AvgIpc) is 2.55. The SMILES string of the molecule is C[C@H]1CN(C(=O)CSCc2cccc3ccccc23)CCO1. The standard InChI is InChI=1S/C18H21NO2S/c1-14-11-19(9-10-21-14)18(20)13-22-12-16-7-4-6-15-5-2-3-8-17(15)16/h2-8,14H,9-13H2,1H3/t14-/m0/s1. The van der Waals surface area contributed by atoms with Gasteiger partial charge in [-0.25, -0.2) is 0 Å². The topological polar surface area (TPSA) is 29.5 Å². The maximum absolute atomic E-state index is 12.2. The van der Waals surface area contributed by atoms with Gasteiger partial charge >= 0.3 is 0 Å². The Morgan fingerprint density at radius 3 is 2.95 bits per heavy atom. The van der Waals surface area contributed by atoms with Gasteiger partial charge in [0.15, 0.2) is 0 Å². The fourth-order valence-corrected chi connectivity index (χ4v) is 3.73. The van der Waals surface area contributed by atoms with Crippen molar-refractivity contribution in [1.29, 1.82) is 0 Å². The number of hydrogen-bond acceptors (Lipinski definition) is 3. The Bertz CT molecular complexity index is 653. The number of morpholine rings is 1. The molecule has 0 spiro atoms. The van der Waals surface area contributed by atoms with Gasteiger partial charge in [0, 0.05) is 18.8 Å². The maximum atomic E-state index is 12.2. The molecule has 0 N–H and O–H groups in total. The molecule has 0 aromatic heterocycles. The van der Waals surface area contributed by atoms with Crippen molar-refractivity contribution in [3.63, 3.8) is 0 Å². The Balaban J connectivity index is 1.57. The third-order valence-electron chi connectivity index (χ3n) is 3.96. The number of amides is 1. The van der Waals surface area contributed by atoms with E-state index >= 15 is 0 Å². The summed E-state index contributed by atoms with van der Waals surface area (Å²) in [4.78, 5) is 14.2. The summed E-state index contributed by atoms with van der Waals surface area (Å²) in [6.07, 6.45) is 0.153. The maximum Gasteiger partial charge on any atom is 0.232 e. The van der Waals surface area contributed by atoms with Crippen LogP contribution >= 0.6 is 11.8 Å². The lowest BCUT2D eigenvalue weighted by molar-refractivity contribution is -0.135. The van der Waals surface area contributed by atoms with Gasteiger partial charge in [-0.15, -0.1) is 11.8 Å². The molecule has 3 rings (SSSR count). The second-order valence-corrected chi connectivity index (χ2v) is 6.64. The number of nitrogens with zero attached hydrogens (tertiary/aromatic N) is 1. The van der Waals surface area contributed by atoms with Crippen LogP contribution in [0.5, 0.6) is 0 Å². The van der Waals surface area contributed by atoms with Crippen LogP contribution in [0.3, 0.4) is 0 Å². The van der Waals surface area contributed by atoms with Crippen LogP contribution in [-0.2, 0) is 15.3 Å². The molecule has 116 valence electrons. The summed E-state index contributed by atoms with van der Waals surface area (Å²) in [5.74, 6) is 1.63. The van der Waals surface area contributed by atoms with Crippen LogP contribution in [0.25, 0.3) is 10.8 Å². The van der Waals surface area contributed by atoms with Crippen LogP contribution < -0.4 is 0 Å². The molecule has 1 aliphatic heterocycles. The van der Waals surface area contributed by atoms with E-state index in [1.165, 1.54) is 16.3 Å². The highest BCUT2D eigenvalue weighted by Gasteiger charge is 2.20. The monoisotopic (exact) mass is 315 g/mol. The van der Waals surface area contributed by atoms with Gasteiger partial charge in [-0.1, -0.05) is 42.5 Å². The first-order valence-electron chi connectivity index (χ1n) is 7.68. The molecule has 1 fully saturated rings. The van der Waals surface area contributed by atoms with Crippen molar-refractivity contribution < 1.29 is 9.53 Å². The first-order valence-corrected chi connectivity index (χ1v) is 8.83. The van der Waals surface area contributed by atoms with E-state index in [0.29, 0.717) is 18.9 Å². The molecular weight excluding hydrogens is 294 g/mol. The molecule has 1 aliphatic rings. The summed E-state index contributed by atoms with van der Waals surface area (Å²) in [5, 5.41) is 2.54. The summed E-state index contributed by atoms with van der Waals surface area (Å²) < 4.78 is 5.48. The third-order valence-corrected chi connectivity index (χ3v) is 4.92. The largest absolute Gasteiger partial charge is 0.375 e. The lowest BCUT2D eigenvalue weighted by atomic mass is 10.1. The fraction of sp³-hybridized carbons (Fsp3) is 0.389. The van der Waals surface area contributed by atoms with Crippen molar-refractivity contribution in [2.24, 2.45) is 0 Å². The van der Waals surface area contributed by atoms with E-state index < -0.39 is 0 Å². The van der Waals surface area contributed by atoms with E-state index in [1.807, 2.05) is 11.8 Å². The third kappa shape index (κ3) is 3.62. The summed E-state index contributed by atoms with van der Waals surface area (Å²) in [7, 11) is 0. The molecule has 0 aliphatic carbocycles. The molecule has 1 amide bonds. The van der Waals surface area contributed by atoms with Gasteiger partial charge in [-0.05, 0) is 23.3 Å². The predicted octanol–water partition coefficient (Wildman–Crippen LogP) is 3.32. The molecule has 0 unspecified atom stereocenters. The number of ether oxygens (including phenoxy) is 1. The van der Waals surface area contributed by atoms with Gasteiger partial charge in [-0.3, -0.25) is 4.79 Å². The van der Waals surface area contributed by atoms with Gasteiger partial charge in [0.1, 0.15) is 0 Å². The molecule has 4 heteroatoms. The molecule has 0 radical (unpaired) electrons. The molecule has 1 atom stereocenters. The fourth-order valence-electron chi connectivity index (χ4n) is 2.80. The van der Waals surface area contributed by atoms with Crippen molar-refractivity contribution in [2.45, 2.75) is 18.8 Å². The Morgan fingerprint density at radius 2 is 2.09 bits per heavy atom. The minimum Gasteiger partial charge on any atom is -0.375 e. The summed E-state index contributed by atoms with van der Waals surface area (Å²) >= 11 is 1.69. The Kier molecular flexibility index (Phi) is 5.01. The molecule has 2 aromatic carbocycles. The van der Waals surface area contributed by atoms with Crippen molar-refractivity contribution in [3.05, 3.63) is 48.0 Å². The Morgan fingerprint density at radius 1 is 1.27 bits per heavy atom. The van der Waals surface area contributed by atoms with E-state index in [9.17, 15) is 4.79 Å². The molecule has 0 saturated carbocycles. The molecule has 1 saturated heterocycles. The van der Waals surface area contributed by atoms with E-state index in [-0.39, 0.29) is 12.0 Å². The van der Waals surface area contributed by atoms with Crippen molar-refractivity contribution in [3.8, 4) is 0 Å². The Labute approximate surface area is 135 Å². The van der Waals surface area contributed by atoms with Crippen LogP contribution in [-0.4, -0.2) is 42.4 Å². The van der Waals surface area contributed by atoms with Crippen LogP contribution in [0.2, 0.25) is 0 Å². The predicted molar refractivity (Wildman–Crippen MR) is 92.1 cm³/mol. The number of thioether (sulfide) groups is 1. The highest BCUT2D eigenvalue weighted by molar-refractivity contribution is 7.99. The summed E-state index contributed by atoms with van der Waals surface area (Å²) in [6.45, 7) is 4.11. The zero-order chi connectivity index (χ0) is 15.4. The first kappa shape index (κ1) is 15.4. The second kappa shape index (κ2) is 7.16. The van der Waals surface area contributed by atoms with E-state index in [4.69, 9.17) is 4.74 Å². The molecule has 3 nitrogen and oxygen atoms in total. The van der Waals surface area contributed by atoms with Crippen molar-refractivity contribution in [2.75, 3.05) is 25.4 Å². The zero-order valence-electron chi connectivity index (χ0n) is 12.8. The number of rotatable bonds is 4. The first-order chi connectivity index (χ1) is 10.7. The van der Waals surface area contributed by atoms with Gasteiger partial charge in [0.2, 0.25) is 5.91 Å². The number of fused-ring (bicyclic) bond motifs is 1. The van der Waals surface area contributed by atoms with Gasteiger partial charge < -0.3 is 9.64 Å². The molecule has 0 bridgehead atoms. The van der Waals surface area contributed by atoms with Crippen molar-refractivity contribution >= 4 is 28.4 Å². The Hall–Kier alpha value is -1.52. The normalized spacial score (nSPS) is 18.6. The molecule has 2 aromatic rings. The average molecular weight is 315 g/mol. The summed E-state index contributed by atoms with van der Waals surface area (Å²) in [6, 6.07) is 14.8. The number of hydrogen-bond donors (Lipinski definition) is 0. The molecule has 1 heterocycles. The highest BCUT2D eigenvalue weighted by Crippen LogP contribution is 2.23. The van der Waals surface area contributed by atoms with Crippen LogP contribution in [0.15, 0.2) is 42.5 Å². The molecular formula is C18H21NO2S. The smallest absolute Gasteiger partial charge is 0.232 e. The minimum absolute atomic E-state index is 0.153. The number of carbonyl (C=O) groups excluding carboxylic acids is 1. The van der Waals surface area contributed by atoms with Crippen LogP contribution in [0, 0.1) is 0 Å². The quantitative estimate of drug-likeness (QED) is 0.867. The van der Waals surface area contributed by atoms with Crippen molar-refractivity contribution in [1.82, 2.24) is 4.90 Å². The van der Waals surface area contributed by atoms with E-state index in [0.717, 1.165) is 12.3 Å². The summed E-state index contributed by atoms with van der Waals surface area (Å²) in [5.41, 5.74) is 1.30. The lowest BCUT2D eigenvalue weighted by Crippen LogP contribution is -2.45. The van der Waals surface area contributed by atoms with Gasteiger partial charge in [0.05, 0.1) is 18.5 Å². The van der Waals surface area contributed by atoms with Crippen LogP contribution in [0.4, 0.5) is 0 Å². The second-order valence-electron chi connectivity index (χ2n) is 5.65. The van der Waals surface area contributed by atoms with Gasteiger partial charge in [-0.2, -0.15) is 0 Å².